The monoisotopic (exact) mass is 354 g/mol. The lowest BCUT2D eigenvalue weighted by atomic mass is 10.2. The fraction of sp³-hybridized carbons (Fsp3) is 0.476. The molecule has 1 amide bonds. The van der Waals surface area contributed by atoms with Crippen LogP contribution in [0.4, 0.5) is 0 Å². The summed E-state index contributed by atoms with van der Waals surface area (Å²) in [4.78, 5) is 31.3. The Hall–Kier alpha value is -2.43. The van der Waals surface area contributed by atoms with E-state index < -0.39 is 0 Å². The zero-order valence-electron chi connectivity index (χ0n) is 15.5. The van der Waals surface area contributed by atoms with Gasteiger partial charge in [0.05, 0.1) is 18.0 Å². The number of amides is 1. The number of para-hydroxylation sites is 1. The summed E-state index contributed by atoms with van der Waals surface area (Å²) in [5.41, 5.74) is 1.29. The Morgan fingerprint density at radius 3 is 2.77 bits per heavy atom. The van der Waals surface area contributed by atoms with E-state index in [1.54, 1.807) is 6.07 Å². The summed E-state index contributed by atoms with van der Waals surface area (Å²) < 4.78 is 5.10. The van der Waals surface area contributed by atoms with Crippen LogP contribution in [0.1, 0.15) is 43.6 Å². The molecule has 138 valence electrons. The van der Waals surface area contributed by atoms with Gasteiger partial charge in [-0.05, 0) is 37.8 Å². The standard InChI is InChI=1S/C21H26N2O3/c1-3-5-12-23(14-16-13-17(16)21(25)26-4-2)20(24)19-11-10-15-8-6-7-9-18(15)22-19/h6-11,16-17H,3-5,12-14H2,1-2H3/t16-,17+/m1/s1. The van der Waals surface area contributed by atoms with Gasteiger partial charge in [0.2, 0.25) is 0 Å². The fourth-order valence-electron chi connectivity index (χ4n) is 3.24. The second-order valence-corrected chi connectivity index (χ2v) is 6.85. The van der Waals surface area contributed by atoms with Crippen LogP contribution in [-0.4, -0.2) is 41.5 Å². The van der Waals surface area contributed by atoms with E-state index in [0.29, 0.717) is 25.4 Å². The van der Waals surface area contributed by atoms with Crippen LogP contribution in [-0.2, 0) is 9.53 Å². The lowest BCUT2D eigenvalue weighted by Gasteiger charge is -2.22. The molecule has 1 aliphatic carbocycles. The second kappa shape index (κ2) is 8.30. The van der Waals surface area contributed by atoms with Gasteiger partial charge in [-0.15, -0.1) is 0 Å². The van der Waals surface area contributed by atoms with Gasteiger partial charge in [-0.25, -0.2) is 4.98 Å². The zero-order valence-corrected chi connectivity index (χ0v) is 15.5. The number of unbranched alkanes of at least 4 members (excludes halogenated alkanes) is 1. The molecule has 1 aliphatic rings. The first-order valence-electron chi connectivity index (χ1n) is 9.45. The third-order valence-electron chi connectivity index (χ3n) is 4.85. The Balaban J connectivity index is 1.71. The summed E-state index contributed by atoms with van der Waals surface area (Å²) in [6, 6.07) is 11.5. The molecule has 0 bridgehead atoms. The van der Waals surface area contributed by atoms with E-state index in [4.69, 9.17) is 4.74 Å². The number of esters is 1. The molecule has 3 rings (SSSR count). The molecule has 0 aliphatic heterocycles. The molecule has 1 aromatic carbocycles. The first-order valence-corrected chi connectivity index (χ1v) is 9.45. The molecule has 2 aromatic rings. The number of hydrogen-bond acceptors (Lipinski definition) is 4. The molecule has 26 heavy (non-hydrogen) atoms. The maximum Gasteiger partial charge on any atom is 0.309 e. The van der Waals surface area contributed by atoms with Crippen molar-refractivity contribution in [2.24, 2.45) is 11.8 Å². The van der Waals surface area contributed by atoms with E-state index in [2.05, 4.69) is 11.9 Å². The number of pyridine rings is 1. The first-order chi connectivity index (χ1) is 12.6. The first kappa shape index (κ1) is 18.4. The topological polar surface area (TPSA) is 59.5 Å². The number of fused-ring (bicyclic) bond motifs is 1. The van der Waals surface area contributed by atoms with Crippen molar-refractivity contribution in [2.75, 3.05) is 19.7 Å². The number of hydrogen-bond donors (Lipinski definition) is 0. The van der Waals surface area contributed by atoms with Crippen molar-refractivity contribution in [3.63, 3.8) is 0 Å². The predicted octanol–water partition coefficient (Wildman–Crippen LogP) is 3.68. The SMILES string of the molecule is CCCCN(C[C@H]1C[C@@H]1C(=O)OCC)C(=O)c1ccc2ccccc2n1. The molecule has 1 fully saturated rings. The number of carbonyl (C=O) groups is 2. The van der Waals surface area contributed by atoms with Crippen molar-refractivity contribution in [2.45, 2.75) is 33.1 Å². The molecular formula is C21H26N2O3. The third-order valence-corrected chi connectivity index (χ3v) is 4.85. The Kier molecular flexibility index (Phi) is 5.86. The lowest BCUT2D eigenvalue weighted by molar-refractivity contribution is -0.145. The summed E-state index contributed by atoms with van der Waals surface area (Å²) in [5.74, 6) is -0.0466. The molecule has 5 heteroatoms. The number of benzene rings is 1. The fourth-order valence-corrected chi connectivity index (χ4v) is 3.24. The van der Waals surface area contributed by atoms with E-state index in [9.17, 15) is 9.59 Å². The lowest BCUT2D eigenvalue weighted by Crippen LogP contribution is -2.35. The quantitative estimate of drug-likeness (QED) is 0.679. The number of aromatic nitrogens is 1. The van der Waals surface area contributed by atoms with Gasteiger partial charge in [-0.2, -0.15) is 0 Å². The van der Waals surface area contributed by atoms with Gasteiger partial charge in [0.1, 0.15) is 5.69 Å². The molecule has 0 N–H and O–H groups in total. The third kappa shape index (κ3) is 4.21. The van der Waals surface area contributed by atoms with Crippen LogP contribution in [0, 0.1) is 11.8 Å². The maximum atomic E-state index is 13.0. The van der Waals surface area contributed by atoms with Gasteiger partial charge in [0, 0.05) is 18.5 Å². The van der Waals surface area contributed by atoms with E-state index in [1.165, 1.54) is 0 Å². The summed E-state index contributed by atoms with van der Waals surface area (Å²) in [5, 5.41) is 1.02. The van der Waals surface area contributed by atoms with Crippen molar-refractivity contribution in [1.29, 1.82) is 0 Å². The average molecular weight is 354 g/mol. The molecule has 1 heterocycles. The van der Waals surface area contributed by atoms with Crippen molar-refractivity contribution in [1.82, 2.24) is 9.88 Å². The molecule has 1 aromatic heterocycles. The van der Waals surface area contributed by atoms with Crippen molar-refractivity contribution >= 4 is 22.8 Å². The predicted molar refractivity (Wildman–Crippen MR) is 101 cm³/mol. The van der Waals surface area contributed by atoms with Crippen molar-refractivity contribution in [3.8, 4) is 0 Å². The highest BCUT2D eigenvalue weighted by atomic mass is 16.5. The second-order valence-electron chi connectivity index (χ2n) is 6.85. The molecule has 0 saturated heterocycles. The maximum absolute atomic E-state index is 13.0. The summed E-state index contributed by atoms with van der Waals surface area (Å²) in [7, 11) is 0. The minimum Gasteiger partial charge on any atom is -0.466 e. The molecule has 0 radical (unpaired) electrons. The Bertz CT molecular complexity index is 790. The van der Waals surface area contributed by atoms with E-state index >= 15 is 0 Å². The van der Waals surface area contributed by atoms with Crippen molar-refractivity contribution in [3.05, 3.63) is 42.1 Å². The van der Waals surface area contributed by atoms with Gasteiger partial charge in [0.15, 0.2) is 0 Å². The van der Waals surface area contributed by atoms with Crippen LogP contribution < -0.4 is 0 Å². The average Bonchev–Trinajstić information content (AvgIpc) is 3.43. The molecule has 0 spiro atoms. The Morgan fingerprint density at radius 2 is 2.00 bits per heavy atom. The van der Waals surface area contributed by atoms with Crippen molar-refractivity contribution < 1.29 is 14.3 Å². The summed E-state index contributed by atoms with van der Waals surface area (Å²) >= 11 is 0. The van der Waals surface area contributed by atoms with E-state index in [1.807, 2.05) is 42.2 Å². The van der Waals surface area contributed by atoms with Crippen LogP contribution in [0.3, 0.4) is 0 Å². The highest BCUT2D eigenvalue weighted by Crippen LogP contribution is 2.40. The molecule has 0 unspecified atom stereocenters. The molecule has 1 saturated carbocycles. The van der Waals surface area contributed by atoms with Crippen LogP contribution >= 0.6 is 0 Å². The van der Waals surface area contributed by atoms with Gasteiger partial charge < -0.3 is 9.64 Å². The highest BCUT2D eigenvalue weighted by Gasteiger charge is 2.45. The van der Waals surface area contributed by atoms with Crippen LogP contribution in [0.15, 0.2) is 36.4 Å². The summed E-state index contributed by atoms with van der Waals surface area (Å²) in [6.45, 7) is 5.61. The number of ether oxygens (including phenoxy) is 1. The molecular weight excluding hydrogens is 328 g/mol. The number of rotatable bonds is 8. The minimum atomic E-state index is -0.135. The largest absolute Gasteiger partial charge is 0.466 e. The van der Waals surface area contributed by atoms with Gasteiger partial charge >= 0.3 is 5.97 Å². The van der Waals surface area contributed by atoms with Crippen LogP contribution in [0.25, 0.3) is 10.9 Å². The smallest absolute Gasteiger partial charge is 0.309 e. The highest BCUT2D eigenvalue weighted by molar-refractivity contribution is 5.95. The van der Waals surface area contributed by atoms with Gasteiger partial charge in [-0.1, -0.05) is 37.6 Å². The van der Waals surface area contributed by atoms with Gasteiger partial charge in [0.25, 0.3) is 5.91 Å². The molecule has 5 nitrogen and oxygen atoms in total. The minimum absolute atomic E-state index is 0.0567. The summed E-state index contributed by atoms with van der Waals surface area (Å²) in [6.07, 6.45) is 2.76. The van der Waals surface area contributed by atoms with E-state index in [-0.39, 0.29) is 23.7 Å². The van der Waals surface area contributed by atoms with E-state index in [0.717, 1.165) is 30.2 Å². The number of carbonyl (C=O) groups excluding carboxylic acids is 2. The number of nitrogens with zero attached hydrogens (tertiary/aromatic N) is 2. The van der Waals surface area contributed by atoms with Crippen LogP contribution in [0.2, 0.25) is 0 Å². The molecule has 2 atom stereocenters. The van der Waals surface area contributed by atoms with Gasteiger partial charge in [-0.3, -0.25) is 9.59 Å². The normalized spacial score (nSPS) is 18.5. The zero-order chi connectivity index (χ0) is 18.5. The Morgan fingerprint density at radius 1 is 1.19 bits per heavy atom. The Labute approximate surface area is 154 Å². The van der Waals surface area contributed by atoms with Crippen LogP contribution in [0.5, 0.6) is 0 Å².